The monoisotopic (exact) mass is 424 g/mol. The Morgan fingerprint density at radius 1 is 1.27 bits per heavy atom. The number of pyridine rings is 1. The van der Waals surface area contributed by atoms with Gasteiger partial charge >= 0.3 is 6.18 Å². The summed E-state index contributed by atoms with van der Waals surface area (Å²) in [4.78, 5) is 32.3. The first kappa shape index (κ1) is 20.6. The van der Waals surface area contributed by atoms with E-state index in [4.69, 9.17) is 4.52 Å². The summed E-state index contributed by atoms with van der Waals surface area (Å²) in [5.74, 6) is -0.340. The number of hydrogen-bond donors (Lipinski definition) is 0. The van der Waals surface area contributed by atoms with Gasteiger partial charge in [-0.2, -0.15) is 13.2 Å². The van der Waals surface area contributed by atoms with Crippen molar-refractivity contribution in [3.63, 3.8) is 0 Å². The quantitative estimate of drug-likeness (QED) is 0.756. The highest BCUT2D eigenvalue weighted by Crippen LogP contribution is 2.39. The number of fused-ring (bicyclic) bond motifs is 1. The fourth-order valence-electron chi connectivity index (χ4n) is 4.42. The van der Waals surface area contributed by atoms with Crippen LogP contribution in [0.2, 0.25) is 0 Å². The lowest BCUT2D eigenvalue weighted by Gasteiger charge is -2.35. The lowest BCUT2D eigenvalue weighted by Crippen LogP contribution is -2.49. The number of likely N-dealkylation sites (tertiary alicyclic amines) is 2. The van der Waals surface area contributed by atoms with Crippen LogP contribution in [-0.2, 0) is 15.8 Å². The summed E-state index contributed by atoms with van der Waals surface area (Å²) in [6.07, 6.45) is -2.32. The molecule has 1 atom stereocenters. The van der Waals surface area contributed by atoms with E-state index in [0.29, 0.717) is 44.6 Å². The van der Waals surface area contributed by atoms with E-state index in [9.17, 15) is 22.8 Å². The summed E-state index contributed by atoms with van der Waals surface area (Å²) >= 11 is 0. The molecular weight excluding hydrogens is 401 g/mol. The third-order valence-electron chi connectivity index (χ3n) is 6.10. The van der Waals surface area contributed by atoms with Gasteiger partial charge in [0.15, 0.2) is 0 Å². The van der Waals surface area contributed by atoms with Crippen molar-refractivity contribution in [3.05, 3.63) is 23.0 Å². The lowest BCUT2D eigenvalue weighted by molar-refractivity contribution is -0.143. The number of hydrogen-bond acceptors (Lipinski definition) is 5. The molecule has 0 unspecified atom stereocenters. The van der Waals surface area contributed by atoms with Crippen LogP contribution in [0.15, 0.2) is 10.6 Å². The second-order valence-electron chi connectivity index (χ2n) is 8.01. The van der Waals surface area contributed by atoms with Crippen molar-refractivity contribution in [2.45, 2.75) is 57.7 Å². The Hall–Kier alpha value is -2.65. The highest BCUT2D eigenvalue weighted by molar-refractivity contribution is 5.88. The fourth-order valence-corrected chi connectivity index (χ4v) is 4.42. The molecule has 0 radical (unpaired) electrons. The zero-order valence-corrected chi connectivity index (χ0v) is 16.8. The van der Waals surface area contributed by atoms with Gasteiger partial charge in [-0.15, -0.1) is 0 Å². The maximum atomic E-state index is 13.6. The summed E-state index contributed by atoms with van der Waals surface area (Å²) < 4.78 is 45.7. The minimum Gasteiger partial charge on any atom is -0.341 e. The molecule has 10 heteroatoms. The number of halogens is 3. The molecule has 4 rings (SSSR count). The molecule has 30 heavy (non-hydrogen) atoms. The Kier molecular flexibility index (Phi) is 5.19. The van der Waals surface area contributed by atoms with Crippen molar-refractivity contribution in [1.29, 1.82) is 0 Å². The number of carbonyl (C=O) groups is 2. The van der Waals surface area contributed by atoms with Crippen LogP contribution in [0.5, 0.6) is 0 Å². The summed E-state index contributed by atoms with van der Waals surface area (Å²) in [5.41, 5.74) is -0.444. The lowest BCUT2D eigenvalue weighted by atomic mass is 9.91. The highest BCUT2D eigenvalue weighted by Gasteiger charge is 2.38. The number of alkyl halides is 3. The Bertz CT molecular complexity index is 980. The van der Waals surface area contributed by atoms with Gasteiger partial charge in [0, 0.05) is 37.7 Å². The summed E-state index contributed by atoms with van der Waals surface area (Å²) in [7, 11) is 0. The van der Waals surface area contributed by atoms with Gasteiger partial charge in [0.1, 0.15) is 6.04 Å². The summed E-state index contributed by atoms with van der Waals surface area (Å²) in [5, 5.41) is 3.52. The molecular formula is C20H23F3N4O3. The van der Waals surface area contributed by atoms with Crippen LogP contribution in [-0.4, -0.2) is 57.4 Å². The minimum absolute atomic E-state index is 0.00901. The molecule has 2 fully saturated rings. The second-order valence-corrected chi connectivity index (χ2v) is 8.01. The van der Waals surface area contributed by atoms with Crippen LogP contribution in [0, 0.1) is 6.92 Å². The third kappa shape index (κ3) is 3.63. The van der Waals surface area contributed by atoms with E-state index in [2.05, 4.69) is 10.1 Å². The molecule has 7 nitrogen and oxygen atoms in total. The van der Waals surface area contributed by atoms with Crippen LogP contribution in [0.1, 0.15) is 55.5 Å². The average Bonchev–Trinajstić information content (AvgIpc) is 3.31. The molecule has 2 aromatic heterocycles. The predicted molar refractivity (Wildman–Crippen MR) is 101 cm³/mol. The third-order valence-corrected chi connectivity index (χ3v) is 6.10. The number of amides is 2. The van der Waals surface area contributed by atoms with E-state index < -0.39 is 17.8 Å². The van der Waals surface area contributed by atoms with E-state index >= 15 is 0 Å². The van der Waals surface area contributed by atoms with E-state index in [1.165, 1.54) is 6.92 Å². The average molecular weight is 424 g/mol. The topological polar surface area (TPSA) is 79.5 Å². The summed E-state index contributed by atoms with van der Waals surface area (Å²) in [6.45, 7) is 4.59. The molecule has 4 heterocycles. The van der Waals surface area contributed by atoms with Gasteiger partial charge in [0.2, 0.25) is 11.8 Å². The Morgan fingerprint density at radius 3 is 2.57 bits per heavy atom. The normalized spacial score (nSPS) is 19.7. The van der Waals surface area contributed by atoms with Crippen molar-refractivity contribution in [2.75, 3.05) is 19.6 Å². The van der Waals surface area contributed by atoms with Crippen molar-refractivity contribution < 1.29 is 27.3 Å². The molecule has 0 saturated carbocycles. The van der Waals surface area contributed by atoms with Crippen molar-refractivity contribution >= 4 is 22.9 Å². The molecule has 162 valence electrons. The van der Waals surface area contributed by atoms with Crippen LogP contribution < -0.4 is 0 Å². The molecule has 2 aliphatic rings. The molecule has 0 bridgehead atoms. The van der Waals surface area contributed by atoms with Gasteiger partial charge in [-0.3, -0.25) is 9.59 Å². The first-order chi connectivity index (χ1) is 14.2. The number of aromatic nitrogens is 2. The Labute approximate surface area is 171 Å². The predicted octanol–water partition coefficient (Wildman–Crippen LogP) is 3.27. The van der Waals surface area contributed by atoms with E-state index in [0.717, 1.165) is 12.5 Å². The van der Waals surface area contributed by atoms with Crippen molar-refractivity contribution in [3.8, 4) is 0 Å². The zero-order valence-electron chi connectivity index (χ0n) is 16.8. The van der Waals surface area contributed by atoms with Crippen molar-refractivity contribution in [1.82, 2.24) is 19.9 Å². The maximum Gasteiger partial charge on any atom is 0.417 e. The Balaban J connectivity index is 1.50. The fraction of sp³-hybridized carbons (Fsp3) is 0.600. The zero-order chi connectivity index (χ0) is 21.6. The first-order valence-electron chi connectivity index (χ1n) is 10.1. The van der Waals surface area contributed by atoms with Crippen LogP contribution in [0.4, 0.5) is 13.2 Å². The van der Waals surface area contributed by atoms with Crippen LogP contribution in [0.25, 0.3) is 11.1 Å². The molecule has 2 amide bonds. The van der Waals surface area contributed by atoms with Gasteiger partial charge < -0.3 is 14.3 Å². The van der Waals surface area contributed by atoms with Crippen LogP contribution in [0.3, 0.4) is 0 Å². The van der Waals surface area contributed by atoms with E-state index in [1.807, 2.05) is 0 Å². The molecule has 0 aromatic carbocycles. The molecule has 0 aliphatic carbocycles. The van der Waals surface area contributed by atoms with Crippen LogP contribution >= 0.6 is 0 Å². The molecule has 0 N–H and O–H groups in total. The number of carbonyl (C=O) groups excluding carboxylic acids is 2. The van der Waals surface area contributed by atoms with Gasteiger partial charge in [0.05, 0.1) is 16.6 Å². The van der Waals surface area contributed by atoms with E-state index in [1.54, 1.807) is 16.7 Å². The molecule has 2 saturated heterocycles. The molecule has 2 aromatic rings. The standard InChI is InChI=1S/C20H23F3N4O3/c1-11-17-14(20(21,22)23)10-15(24-18(17)30-25-11)13-5-8-26(9-6-13)19(29)12(2)27-7-3-4-16(27)28/h10,12-13H,3-9H2,1-2H3/t12-/m0/s1. The minimum atomic E-state index is -4.54. The highest BCUT2D eigenvalue weighted by atomic mass is 19.4. The van der Waals surface area contributed by atoms with E-state index in [-0.39, 0.29) is 34.5 Å². The largest absolute Gasteiger partial charge is 0.417 e. The SMILES string of the molecule is Cc1noc2nc(C3CCN(C(=O)[C@H](C)N4CCCC4=O)CC3)cc(C(F)(F)F)c12. The van der Waals surface area contributed by atoms with Crippen molar-refractivity contribution in [2.24, 2.45) is 0 Å². The number of nitrogens with zero attached hydrogens (tertiary/aromatic N) is 4. The number of aryl methyl sites for hydroxylation is 1. The number of piperidine rings is 1. The van der Waals surface area contributed by atoms with Gasteiger partial charge in [-0.05, 0) is 39.2 Å². The van der Waals surface area contributed by atoms with Gasteiger partial charge in [-0.25, -0.2) is 4.98 Å². The van der Waals surface area contributed by atoms with Gasteiger partial charge in [0.25, 0.3) is 5.71 Å². The smallest absolute Gasteiger partial charge is 0.341 e. The van der Waals surface area contributed by atoms with Gasteiger partial charge in [-0.1, -0.05) is 5.16 Å². The summed E-state index contributed by atoms with van der Waals surface area (Å²) in [6, 6.07) is 0.570. The molecule has 0 spiro atoms. The Morgan fingerprint density at radius 2 is 1.97 bits per heavy atom. The first-order valence-corrected chi connectivity index (χ1v) is 10.1. The number of rotatable bonds is 3. The second kappa shape index (κ2) is 7.55. The maximum absolute atomic E-state index is 13.6. The molecule has 2 aliphatic heterocycles.